The Labute approximate surface area is 231 Å². The van der Waals surface area contributed by atoms with E-state index in [-0.39, 0.29) is 29.5 Å². The van der Waals surface area contributed by atoms with Crippen molar-refractivity contribution in [1.82, 2.24) is 15.1 Å². The van der Waals surface area contributed by atoms with Crippen molar-refractivity contribution in [2.24, 2.45) is 5.92 Å². The molecule has 3 aliphatic heterocycles. The summed E-state index contributed by atoms with van der Waals surface area (Å²) >= 11 is 0. The van der Waals surface area contributed by atoms with Gasteiger partial charge in [-0.15, -0.1) is 6.42 Å². The average Bonchev–Trinajstić information content (AvgIpc) is 3.42. The van der Waals surface area contributed by atoms with Crippen molar-refractivity contribution in [3.8, 4) is 18.4 Å². The third-order valence-corrected chi connectivity index (χ3v) is 7.85. The molecule has 3 amide bonds. The number of alkyl carbamates (subject to hydrolysis) is 1. The van der Waals surface area contributed by atoms with E-state index in [4.69, 9.17) is 11.2 Å². The molecule has 0 radical (unpaired) electrons. The van der Waals surface area contributed by atoms with Crippen molar-refractivity contribution in [1.29, 1.82) is 5.26 Å². The van der Waals surface area contributed by atoms with Crippen LogP contribution in [-0.2, 0) is 15.7 Å². The first-order valence-corrected chi connectivity index (χ1v) is 13.4. The van der Waals surface area contributed by atoms with E-state index in [0.29, 0.717) is 38.5 Å². The van der Waals surface area contributed by atoms with Gasteiger partial charge in [0.25, 0.3) is 5.91 Å². The van der Waals surface area contributed by atoms with Crippen LogP contribution < -0.4 is 5.32 Å². The molecule has 0 aromatic heterocycles. The van der Waals surface area contributed by atoms with Gasteiger partial charge in [0, 0.05) is 17.6 Å². The van der Waals surface area contributed by atoms with Crippen LogP contribution >= 0.6 is 0 Å². The number of piperidine rings is 1. The zero-order chi connectivity index (χ0) is 29.4. The molecule has 3 saturated heterocycles. The van der Waals surface area contributed by atoms with E-state index in [1.807, 2.05) is 0 Å². The maximum atomic E-state index is 13.9. The Morgan fingerprint density at radius 2 is 1.57 bits per heavy atom. The second kappa shape index (κ2) is 11.0. The molecule has 11 heteroatoms. The molecule has 1 aromatic carbocycles. The molecule has 0 spiro atoms. The minimum Gasteiger partial charge on any atom is -0.444 e. The van der Waals surface area contributed by atoms with E-state index in [9.17, 15) is 32.8 Å². The van der Waals surface area contributed by atoms with Gasteiger partial charge in [-0.3, -0.25) is 9.59 Å². The zero-order valence-electron chi connectivity index (χ0n) is 22.7. The van der Waals surface area contributed by atoms with Gasteiger partial charge >= 0.3 is 12.3 Å². The highest BCUT2D eigenvalue weighted by Crippen LogP contribution is 2.42. The van der Waals surface area contributed by atoms with Gasteiger partial charge in [-0.05, 0) is 89.5 Å². The molecule has 3 heterocycles. The smallest absolute Gasteiger partial charge is 0.416 e. The molecule has 3 aliphatic rings. The summed E-state index contributed by atoms with van der Waals surface area (Å²) in [5, 5.41) is 12.4. The third kappa shape index (κ3) is 6.04. The summed E-state index contributed by atoms with van der Waals surface area (Å²) in [5.41, 5.74) is -1.48. The van der Waals surface area contributed by atoms with E-state index in [1.54, 1.807) is 25.7 Å². The van der Waals surface area contributed by atoms with Crippen LogP contribution in [0.15, 0.2) is 24.3 Å². The van der Waals surface area contributed by atoms with Crippen LogP contribution in [0.2, 0.25) is 0 Å². The summed E-state index contributed by atoms with van der Waals surface area (Å²) in [6, 6.07) is 3.46. The largest absolute Gasteiger partial charge is 0.444 e. The number of hydrogen-bond donors (Lipinski definition) is 1. The average molecular weight is 559 g/mol. The first-order valence-electron chi connectivity index (χ1n) is 13.4. The second-order valence-electron chi connectivity index (χ2n) is 11.7. The van der Waals surface area contributed by atoms with E-state index in [0.717, 1.165) is 12.1 Å². The number of rotatable bonds is 4. The van der Waals surface area contributed by atoms with Crippen LogP contribution in [-0.4, -0.2) is 63.5 Å². The Kier molecular flexibility index (Phi) is 8.07. The van der Waals surface area contributed by atoms with Crippen molar-refractivity contribution >= 4 is 17.9 Å². The Morgan fingerprint density at radius 3 is 2.08 bits per heavy atom. The fraction of sp³-hybridized carbons (Fsp3) is 0.586. The standard InChI is InChI=1S/C29H33F3N4O4/c1-5-20-10-13-23(16-33)35(20)26(38)24(34-27(39)40-28(2,3)4)18-14-21-11-12-22(15-18)36(21)25(37)17-6-8-19(9-7-17)29(30,31)32/h1,6-9,18,20-24H,10-15H2,2-4H3,(H,34,39)/t18?,20?,21?,22?,23-,24-/m0/s1. The summed E-state index contributed by atoms with van der Waals surface area (Å²) in [5.74, 6) is 1.39. The quantitative estimate of drug-likeness (QED) is 0.549. The number of nitriles is 1. The molecule has 5 atom stereocenters. The van der Waals surface area contributed by atoms with Gasteiger partial charge in [-0.25, -0.2) is 4.79 Å². The predicted molar refractivity (Wildman–Crippen MR) is 138 cm³/mol. The maximum Gasteiger partial charge on any atom is 0.416 e. The van der Waals surface area contributed by atoms with Crippen LogP contribution in [0.1, 0.15) is 75.2 Å². The number of carbonyl (C=O) groups is 3. The molecule has 4 rings (SSSR count). The van der Waals surface area contributed by atoms with Crippen molar-refractivity contribution in [2.45, 2.75) is 101 Å². The number of halogens is 3. The van der Waals surface area contributed by atoms with Crippen LogP contribution in [0.3, 0.4) is 0 Å². The number of ether oxygens (including phenoxy) is 1. The van der Waals surface area contributed by atoms with E-state index in [2.05, 4.69) is 17.3 Å². The Bertz CT molecular complexity index is 1190. The van der Waals surface area contributed by atoms with Crippen LogP contribution in [0.4, 0.5) is 18.0 Å². The number of amides is 3. The predicted octanol–water partition coefficient (Wildman–Crippen LogP) is 4.50. The lowest BCUT2D eigenvalue weighted by Gasteiger charge is -2.42. The molecule has 1 N–H and O–H groups in total. The fourth-order valence-corrected chi connectivity index (χ4v) is 6.16. The van der Waals surface area contributed by atoms with E-state index in [1.165, 1.54) is 17.0 Å². The minimum absolute atomic E-state index is 0.161. The second-order valence-corrected chi connectivity index (χ2v) is 11.7. The zero-order valence-corrected chi connectivity index (χ0v) is 22.7. The molecule has 40 heavy (non-hydrogen) atoms. The van der Waals surface area contributed by atoms with Crippen LogP contribution in [0.5, 0.6) is 0 Å². The van der Waals surface area contributed by atoms with Crippen molar-refractivity contribution < 1.29 is 32.3 Å². The number of nitrogens with one attached hydrogen (secondary N) is 1. The van der Waals surface area contributed by atoms with E-state index >= 15 is 0 Å². The van der Waals surface area contributed by atoms with Gasteiger partial charge in [-0.2, -0.15) is 18.4 Å². The van der Waals surface area contributed by atoms with Gasteiger partial charge < -0.3 is 19.9 Å². The molecule has 214 valence electrons. The maximum absolute atomic E-state index is 13.9. The number of alkyl halides is 3. The highest BCUT2D eigenvalue weighted by Gasteiger charge is 2.49. The molecular formula is C29H33F3N4O4. The van der Waals surface area contributed by atoms with Gasteiger partial charge in [0.1, 0.15) is 17.7 Å². The van der Waals surface area contributed by atoms with Gasteiger partial charge in [0.05, 0.1) is 17.7 Å². The number of hydrogen-bond acceptors (Lipinski definition) is 5. The molecular weight excluding hydrogens is 525 g/mol. The number of carbonyl (C=O) groups excluding carboxylic acids is 3. The summed E-state index contributed by atoms with van der Waals surface area (Å²) < 4.78 is 44.4. The Morgan fingerprint density at radius 1 is 1.00 bits per heavy atom. The Hall–Kier alpha value is -3.73. The molecule has 8 nitrogen and oxygen atoms in total. The van der Waals surface area contributed by atoms with Crippen LogP contribution in [0.25, 0.3) is 0 Å². The lowest BCUT2D eigenvalue weighted by molar-refractivity contribution is -0.138. The van der Waals surface area contributed by atoms with Crippen molar-refractivity contribution in [3.05, 3.63) is 35.4 Å². The summed E-state index contributed by atoms with van der Waals surface area (Å²) in [6.45, 7) is 5.11. The minimum atomic E-state index is -4.50. The Balaban J connectivity index is 1.56. The SMILES string of the molecule is C#CC1CC[C@@H](C#N)N1C(=O)[C@@H](NC(=O)OC(C)(C)C)C1CC2CCC(C1)N2C(=O)c1ccc(C(F)(F)F)cc1. The highest BCUT2D eigenvalue weighted by molar-refractivity contribution is 5.95. The van der Waals surface area contributed by atoms with Crippen molar-refractivity contribution in [2.75, 3.05) is 0 Å². The first-order chi connectivity index (χ1) is 18.7. The highest BCUT2D eigenvalue weighted by atomic mass is 19.4. The van der Waals surface area contributed by atoms with Crippen molar-refractivity contribution in [3.63, 3.8) is 0 Å². The lowest BCUT2D eigenvalue weighted by atomic mass is 9.83. The molecule has 3 unspecified atom stereocenters. The molecule has 0 saturated carbocycles. The number of terminal acetylenes is 1. The first kappa shape index (κ1) is 29.3. The summed E-state index contributed by atoms with van der Waals surface area (Å²) in [4.78, 5) is 43.2. The van der Waals surface area contributed by atoms with Crippen LogP contribution in [0, 0.1) is 29.6 Å². The van der Waals surface area contributed by atoms with Gasteiger partial charge in [0.15, 0.2) is 0 Å². The van der Waals surface area contributed by atoms with E-state index < -0.39 is 47.5 Å². The number of nitrogens with zero attached hydrogens (tertiary/aromatic N) is 3. The number of fused-ring (bicyclic) bond motifs is 2. The normalized spacial score (nSPS) is 26.9. The molecule has 2 bridgehead atoms. The molecule has 0 aliphatic carbocycles. The summed E-state index contributed by atoms with van der Waals surface area (Å²) in [6.07, 6.45) is 3.41. The molecule has 3 fully saturated rings. The third-order valence-electron chi connectivity index (χ3n) is 7.85. The van der Waals surface area contributed by atoms with Gasteiger partial charge in [0.2, 0.25) is 5.91 Å². The summed E-state index contributed by atoms with van der Waals surface area (Å²) in [7, 11) is 0. The fourth-order valence-electron chi connectivity index (χ4n) is 6.16. The topological polar surface area (TPSA) is 103 Å². The molecule has 1 aromatic rings. The monoisotopic (exact) mass is 558 g/mol. The lowest BCUT2D eigenvalue weighted by Crippen LogP contribution is -2.58. The number of likely N-dealkylation sites (tertiary alicyclic amines) is 1. The van der Waals surface area contributed by atoms with Gasteiger partial charge in [-0.1, -0.05) is 5.92 Å². The number of benzene rings is 1.